The molecule has 0 bridgehead atoms. The number of esters is 1. The second-order valence-electron chi connectivity index (χ2n) is 3.95. The van der Waals surface area contributed by atoms with Crippen molar-refractivity contribution in [3.8, 4) is 11.8 Å². The Morgan fingerprint density at radius 2 is 1.80 bits per heavy atom. The predicted molar refractivity (Wildman–Crippen MR) is 71.2 cm³/mol. The first-order valence-corrected chi connectivity index (χ1v) is 5.93. The maximum Gasteiger partial charge on any atom is 0.317 e. The summed E-state index contributed by atoms with van der Waals surface area (Å²) in [5.74, 6) is 3.80. The van der Waals surface area contributed by atoms with E-state index in [1.807, 2.05) is 0 Å². The summed E-state index contributed by atoms with van der Waals surface area (Å²) < 4.78 is 4.45. The SMILES string of the molecule is COC(=O)CC#Cc1ccc(C(=O)CCC(=O)O)cc1. The molecular formula is C15H14O5. The van der Waals surface area contributed by atoms with Gasteiger partial charge in [-0.3, -0.25) is 14.4 Å². The van der Waals surface area contributed by atoms with Crippen LogP contribution in [0.15, 0.2) is 24.3 Å². The molecule has 1 aromatic carbocycles. The average Bonchev–Trinajstić information content (AvgIpc) is 2.45. The predicted octanol–water partition coefficient (Wildman–Crippen LogP) is 1.65. The Morgan fingerprint density at radius 1 is 1.15 bits per heavy atom. The van der Waals surface area contributed by atoms with E-state index in [1.165, 1.54) is 7.11 Å². The van der Waals surface area contributed by atoms with Crippen molar-refractivity contribution in [3.05, 3.63) is 35.4 Å². The average molecular weight is 274 g/mol. The molecule has 0 spiro atoms. The van der Waals surface area contributed by atoms with Crippen molar-refractivity contribution < 1.29 is 24.2 Å². The van der Waals surface area contributed by atoms with E-state index in [0.717, 1.165) is 0 Å². The van der Waals surface area contributed by atoms with Crippen LogP contribution in [0.3, 0.4) is 0 Å². The lowest BCUT2D eigenvalue weighted by Crippen LogP contribution is -2.03. The third kappa shape index (κ3) is 5.36. The molecule has 1 aromatic rings. The monoisotopic (exact) mass is 274 g/mol. The lowest BCUT2D eigenvalue weighted by molar-refractivity contribution is -0.139. The number of rotatable bonds is 5. The fraction of sp³-hybridized carbons (Fsp3) is 0.267. The number of aliphatic carboxylic acids is 1. The number of hydrogen-bond donors (Lipinski definition) is 1. The summed E-state index contributed by atoms with van der Waals surface area (Å²) in [4.78, 5) is 32.9. The molecule has 0 saturated heterocycles. The van der Waals surface area contributed by atoms with Gasteiger partial charge in [0.2, 0.25) is 0 Å². The highest BCUT2D eigenvalue weighted by Gasteiger charge is 2.07. The van der Waals surface area contributed by atoms with Crippen molar-refractivity contribution >= 4 is 17.7 Å². The molecule has 0 heterocycles. The first kappa shape index (κ1) is 15.4. The Labute approximate surface area is 116 Å². The summed E-state index contributed by atoms with van der Waals surface area (Å²) in [5.41, 5.74) is 1.12. The van der Waals surface area contributed by atoms with Crippen LogP contribution in [0.1, 0.15) is 35.2 Å². The quantitative estimate of drug-likeness (QED) is 0.501. The van der Waals surface area contributed by atoms with Crippen LogP contribution in [-0.4, -0.2) is 29.9 Å². The number of methoxy groups -OCH3 is 1. The number of carboxylic acids is 1. The van der Waals surface area contributed by atoms with Crippen LogP contribution >= 0.6 is 0 Å². The fourth-order valence-electron chi connectivity index (χ4n) is 1.39. The molecule has 5 heteroatoms. The van der Waals surface area contributed by atoms with E-state index in [1.54, 1.807) is 24.3 Å². The van der Waals surface area contributed by atoms with Gasteiger partial charge in [-0.25, -0.2) is 0 Å². The Bertz CT molecular complexity index is 560. The maximum absolute atomic E-state index is 11.6. The van der Waals surface area contributed by atoms with Crippen molar-refractivity contribution in [1.29, 1.82) is 0 Å². The second-order valence-corrected chi connectivity index (χ2v) is 3.95. The minimum absolute atomic E-state index is 0.00972. The van der Waals surface area contributed by atoms with Gasteiger partial charge in [-0.2, -0.15) is 0 Å². The molecule has 0 fully saturated rings. The first-order valence-electron chi connectivity index (χ1n) is 5.93. The molecule has 0 amide bonds. The third-order valence-corrected chi connectivity index (χ3v) is 2.47. The van der Waals surface area contributed by atoms with Crippen LogP contribution in [-0.2, 0) is 14.3 Å². The summed E-state index contributed by atoms with van der Waals surface area (Å²) in [6.07, 6.45) is -0.196. The molecule has 0 saturated carbocycles. The van der Waals surface area contributed by atoms with Gasteiger partial charge in [0.05, 0.1) is 13.5 Å². The minimum atomic E-state index is -0.997. The summed E-state index contributed by atoms with van der Waals surface area (Å²) in [5, 5.41) is 8.51. The molecule has 0 aliphatic rings. The normalized spacial score (nSPS) is 9.25. The van der Waals surface area contributed by atoms with Gasteiger partial charge in [0.25, 0.3) is 0 Å². The molecule has 104 valence electrons. The van der Waals surface area contributed by atoms with E-state index in [0.29, 0.717) is 11.1 Å². The molecule has 0 aliphatic carbocycles. The Morgan fingerprint density at radius 3 is 2.35 bits per heavy atom. The van der Waals surface area contributed by atoms with Crippen molar-refractivity contribution in [1.82, 2.24) is 0 Å². The maximum atomic E-state index is 11.6. The van der Waals surface area contributed by atoms with Crippen LogP contribution in [0.25, 0.3) is 0 Å². The van der Waals surface area contributed by atoms with E-state index in [9.17, 15) is 14.4 Å². The van der Waals surface area contributed by atoms with E-state index < -0.39 is 11.9 Å². The van der Waals surface area contributed by atoms with Gasteiger partial charge in [0.15, 0.2) is 5.78 Å². The molecule has 0 aromatic heterocycles. The molecule has 0 atom stereocenters. The molecule has 5 nitrogen and oxygen atoms in total. The minimum Gasteiger partial charge on any atom is -0.481 e. The summed E-state index contributed by atoms with van der Waals surface area (Å²) in [7, 11) is 1.29. The zero-order valence-corrected chi connectivity index (χ0v) is 11.0. The van der Waals surface area contributed by atoms with Crippen LogP contribution in [0.2, 0.25) is 0 Å². The van der Waals surface area contributed by atoms with Crippen molar-refractivity contribution in [2.75, 3.05) is 7.11 Å². The molecule has 20 heavy (non-hydrogen) atoms. The van der Waals surface area contributed by atoms with E-state index in [-0.39, 0.29) is 25.0 Å². The van der Waals surface area contributed by atoms with E-state index >= 15 is 0 Å². The van der Waals surface area contributed by atoms with Crippen LogP contribution < -0.4 is 0 Å². The second kappa shape index (κ2) is 7.74. The number of carbonyl (C=O) groups excluding carboxylic acids is 2. The van der Waals surface area contributed by atoms with E-state index in [4.69, 9.17) is 5.11 Å². The molecule has 1 N–H and O–H groups in total. The largest absolute Gasteiger partial charge is 0.481 e. The van der Waals surface area contributed by atoms with Gasteiger partial charge in [-0.1, -0.05) is 24.0 Å². The molecule has 0 radical (unpaired) electrons. The Hall–Kier alpha value is -2.61. The fourth-order valence-corrected chi connectivity index (χ4v) is 1.39. The van der Waals surface area contributed by atoms with E-state index in [2.05, 4.69) is 16.6 Å². The lowest BCUT2D eigenvalue weighted by Gasteiger charge is -1.99. The van der Waals surface area contributed by atoms with Gasteiger partial charge < -0.3 is 9.84 Å². The van der Waals surface area contributed by atoms with Crippen molar-refractivity contribution in [2.24, 2.45) is 0 Å². The van der Waals surface area contributed by atoms with Crippen LogP contribution in [0, 0.1) is 11.8 Å². The van der Waals surface area contributed by atoms with Crippen LogP contribution in [0.4, 0.5) is 0 Å². The zero-order valence-electron chi connectivity index (χ0n) is 11.0. The smallest absolute Gasteiger partial charge is 0.317 e. The van der Waals surface area contributed by atoms with Gasteiger partial charge in [-0.05, 0) is 12.1 Å². The highest BCUT2D eigenvalue weighted by molar-refractivity contribution is 5.97. The summed E-state index contributed by atoms with van der Waals surface area (Å²) in [6, 6.07) is 6.48. The number of benzene rings is 1. The van der Waals surface area contributed by atoms with Crippen molar-refractivity contribution in [2.45, 2.75) is 19.3 Å². The Balaban J connectivity index is 2.62. The topological polar surface area (TPSA) is 80.7 Å². The van der Waals surface area contributed by atoms with Gasteiger partial charge >= 0.3 is 11.9 Å². The Kier molecular flexibility index (Phi) is 5.98. The molecule has 1 rings (SSSR count). The number of Topliss-reactive ketones (excluding diaryl/α,β-unsaturated/α-hetero) is 1. The van der Waals surface area contributed by atoms with Gasteiger partial charge in [0.1, 0.15) is 6.42 Å². The first-order chi connectivity index (χ1) is 9.52. The number of ether oxygens (including phenoxy) is 1. The lowest BCUT2D eigenvalue weighted by atomic mass is 10.0. The van der Waals surface area contributed by atoms with Gasteiger partial charge in [0, 0.05) is 17.5 Å². The molecular weight excluding hydrogens is 260 g/mol. The summed E-state index contributed by atoms with van der Waals surface area (Å²) in [6.45, 7) is 0. The third-order valence-electron chi connectivity index (χ3n) is 2.47. The van der Waals surface area contributed by atoms with Crippen molar-refractivity contribution in [3.63, 3.8) is 0 Å². The number of hydrogen-bond acceptors (Lipinski definition) is 4. The number of carbonyl (C=O) groups is 3. The van der Waals surface area contributed by atoms with Crippen LogP contribution in [0.5, 0.6) is 0 Å². The molecule has 0 aliphatic heterocycles. The zero-order chi connectivity index (χ0) is 15.0. The van der Waals surface area contributed by atoms with Gasteiger partial charge in [-0.15, -0.1) is 0 Å². The highest BCUT2D eigenvalue weighted by atomic mass is 16.5. The summed E-state index contributed by atoms with van der Waals surface area (Å²) >= 11 is 0. The standard InChI is InChI=1S/C15H14O5/c1-20-15(19)4-2-3-11-5-7-12(8-6-11)13(16)9-10-14(17)18/h5-8H,4,9-10H2,1H3,(H,17,18). The molecule has 0 unspecified atom stereocenters. The number of ketones is 1. The highest BCUT2D eigenvalue weighted by Crippen LogP contribution is 2.07. The number of carboxylic acid groups (broad SMARTS) is 1.